The van der Waals surface area contributed by atoms with E-state index < -0.39 is 0 Å². The van der Waals surface area contributed by atoms with Crippen LogP contribution < -0.4 is 5.32 Å². The summed E-state index contributed by atoms with van der Waals surface area (Å²) in [6.45, 7) is 4.09. The average molecular weight is 186 g/mol. The van der Waals surface area contributed by atoms with Crippen molar-refractivity contribution in [1.82, 2.24) is 5.32 Å². The summed E-state index contributed by atoms with van der Waals surface area (Å²) in [5.74, 6) is -0.229. The highest BCUT2D eigenvalue weighted by Gasteiger charge is 2.15. The molecule has 75 valence electrons. The number of ether oxygens (including phenoxy) is 2. The number of rotatable bonds is 3. The van der Waals surface area contributed by atoms with Crippen LogP contribution in [0.25, 0.3) is 0 Å². The number of morpholine rings is 1. The summed E-state index contributed by atoms with van der Waals surface area (Å²) in [4.78, 5) is 0. The Labute approximate surface area is 78.5 Å². The third-order valence-electron chi connectivity index (χ3n) is 2.08. The van der Waals surface area contributed by atoms with Gasteiger partial charge in [0.2, 0.25) is 0 Å². The van der Waals surface area contributed by atoms with E-state index in [9.17, 15) is 5.11 Å². The second kappa shape index (κ2) is 5.09. The summed E-state index contributed by atoms with van der Waals surface area (Å²) in [7, 11) is 1.40. The summed E-state index contributed by atoms with van der Waals surface area (Å²) in [6.07, 6.45) is 0.701. The molecule has 4 heteroatoms. The highest BCUT2D eigenvalue weighted by atomic mass is 16.6. The lowest BCUT2D eigenvalue weighted by atomic mass is 10.1. The zero-order valence-corrected chi connectivity index (χ0v) is 8.13. The maximum atomic E-state index is 11.1. The van der Waals surface area contributed by atoms with Crippen molar-refractivity contribution in [2.75, 3.05) is 26.9 Å². The lowest BCUT2D eigenvalue weighted by Gasteiger charge is -2.23. The highest BCUT2D eigenvalue weighted by Crippen LogP contribution is 2.11. The molecule has 1 radical (unpaired) electrons. The van der Waals surface area contributed by atoms with Crippen LogP contribution in [0, 0.1) is 0 Å². The first-order chi connectivity index (χ1) is 6.24. The normalized spacial score (nSPS) is 25.2. The zero-order chi connectivity index (χ0) is 9.68. The van der Waals surface area contributed by atoms with Gasteiger partial charge in [-0.2, -0.15) is 0 Å². The Balaban J connectivity index is 2.38. The molecule has 0 amide bonds. The van der Waals surface area contributed by atoms with Crippen LogP contribution in [-0.2, 0) is 14.6 Å². The molecular weight excluding hydrogens is 170 g/mol. The smallest absolute Gasteiger partial charge is 0.329 e. The van der Waals surface area contributed by atoms with Crippen LogP contribution in [-0.4, -0.2) is 32.9 Å². The number of methoxy groups -OCH3 is 1. The molecule has 1 rings (SSSR count). The Morgan fingerprint density at radius 2 is 2.46 bits per heavy atom. The molecular formula is C9H16NO3. The van der Waals surface area contributed by atoms with Gasteiger partial charge < -0.3 is 14.8 Å². The minimum absolute atomic E-state index is 0.229. The van der Waals surface area contributed by atoms with E-state index in [0.717, 1.165) is 18.7 Å². The van der Waals surface area contributed by atoms with Crippen molar-refractivity contribution in [3.8, 4) is 0 Å². The minimum Gasteiger partial charge on any atom is -0.466 e. The van der Waals surface area contributed by atoms with Crippen molar-refractivity contribution < 1.29 is 14.6 Å². The molecule has 0 aromatic carbocycles. The second-order valence-electron chi connectivity index (χ2n) is 3.20. The predicted octanol–water partition coefficient (Wildman–Crippen LogP) is 0.673. The van der Waals surface area contributed by atoms with Gasteiger partial charge in [0, 0.05) is 18.2 Å². The molecule has 0 spiro atoms. The third kappa shape index (κ3) is 3.24. The molecule has 0 aromatic rings. The molecule has 0 aliphatic carbocycles. The van der Waals surface area contributed by atoms with Gasteiger partial charge in [0.15, 0.2) is 0 Å². The summed E-state index contributed by atoms with van der Waals surface area (Å²) in [6, 6.07) is 0.257. The number of hydrogen-bond donors (Lipinski definition) is 1. The summed E-state index contributed by atoms with van der Waals surface area (Å²) in [5, 5.41) is 14.3. The second-order valence-corrected chi connectivity index (χ2v) is 3.20. The molecule has 13 heavy (non-hydrogen) atoms. The molecule has 1 atom stereocenters. The van der Waals surface area contributed by atoms with Gasteiger partial charge in [-0.15, -0.1) is 0 Å². The highest BCUT2D eigenvalue weighted by molar-refractivity contribution is 5.01. The van der Waals surface area contributed by atoms with E-state index in [1.807, 2.05) is 0 Å². The lowest BCUT2D eigenvalue weighted by molar-refractivity contribution is 0.0669. The molecule has 1 aliphatic heterocycles. The average Bonchev–Trinajstić information content (AvgIpc) is 2.18. The maximum Gasteiger partial charge on any atom is 0.329 e. The van der Waals surface area contributed by atoms with Crippen LogP contribution in [0.2, 0.25) is 0 Å². The van der Waals surface area contributed by atoms with Crippen molar-refractivity contribution in [2.45, 2.75) is 19.4 Å². The summed E-state index contributed by atoms with van der Waals surface area (Å²) < 4.78 is 9.88. The zero-order valence-electron chi connectivity index (χ0n) is 8.13. The molecule has 1 unspecified atom stereocenters. The molecule has 1 N–H and O–H groups in total. The van der Waals surface area contributed by atoms with E-state index in [1.165, 1.54) is 7.11 Å². The van der Waals surface area contributed by atoms with E-state index in [2.05, 4.69) is 10.1 Å². The molecule has 0 aromatic heterocycles. The van der Waals surface area contributed by atoms with Crippen molar-refractivity contribution in [1.29, 1.82) is 0 Å². The lowest BCUT2D eigenvalue weighted by Crippen LogP contribution is -2.41. The van der Waals surface area contributed by atoms with Crippen LogP contribution in [0.15, 0.2) is 11.5 Å². The summed E-state index contributed by atoms with van der Waals surface area (Å²) >= 11 is 0. The number of hydrogen-bond acceptors (Lipinski definition) is 3. The predicted molar refractivity (Wildman–Crippen MR) is 47.6 cm³/mol. The van der Waals surface area contributed by atoms with Crippen LogP contribution in [0.3, 0.4) is 0 Å². The van der Waals surface area contributed by atoms with Crippen molar-refractivity contribution in [3.63, 3.8) is 0 Å². The standard InChI is InChI=1S/C9H16NO3/c1-7(9(11)12-2)5-8-6-13-4-3-10-8/h8,10H,3-6H2,1-2H3. The van der Waals surface area contributed by atoms with Gasteiger partial charge in [0.25, 0.3) is 0 Å². The van der Waals surface area contributed by atoms with Crippen molar-refractivity contribution >= 4 is 0 Å². The van der Waals surface area contributed by atoms with Gasteiger partial charge >= 0.3 is 5.95 Å². The Morgan fingerprint density at radius 1 is 1.69 bits per heavy atom. The largest absolute Gasteiger partial charge is 0.466 e. The fourth-order valence-electron chi connectivity index (χ4n) is 1.38. The van der Waals surface area contributed by atoms with Gasteiger partial charge in [0.05, 0.1) is 20.3 Å². The van der Waals surface area contributed by atoms with E-state index in [0.29, 0.717) is 13.0 Å². The topological polar surface area (TPSA) is 50.4 Å². The van der Waals surface area contributed by atoms with Crippen molar-refractivity contribution in [2.24, 2.45) is 0 Å². The van der Waals surface area contributed by atoms with Gasteiger partial charge in [-0.3, -0.25) is 0 Å². The molecule has 0 saturated carbocycles. The molecule has 1 fully saturated rings. The van der Waals surface area contributed by atoms with Crippen LogP contribution in [0.4, 0.5) is 0 Å². The van der Waals surface area contributed by atoms with E-state index in [4.69, 9.17) is 4.74 Å². The first-order valence-corrected chi connectivity index (χ1v) is 4.46. The van der Waals surface area contributed by atoms with E-state index in [1.54, 1.807) is 6.92 Å². The van der Waals surface area contributed by atoms with Crippen LogP contribution >= 0.6 is 0 Å². The third-order valence-corrected chi connectivity index (χ3v) is 2.08. The van der Waals surface area contributed by atoms with E-state index in [-0.39, 0.29) is 12.0 Å². The van der Waals surface area contributed by atoms with Crippen molar-refractivity contribution in [3.05, 3.63) is 11.5 Å². The Morgan fingerprint density at radius 3 is 3.00 bits per heavy atom. The van der Waals surface area contributed by atoms with Gasteiger partial charge in [-0.25, -0.2) is 5.11 Å². The summed E-state index contributed by atoms with van der Waals surface area (Å²) in [5.41, 5.74) is 0.741. The van der Waals surface area contributed by atoms with Gasteiger partial charge in [-0.05, 0) is 13.3 Å². The van der Waals surface area contributed by atoms with Gasteiger partial charge in [0.1, 0.15) is 0 Å². The Kier molecular flexibility index (Phi) is 4.05. The van der Waals surface area contributed by atoms with E-state index >= 15 is 0 Å². The van der Waals surface area contributed by atoms with Crippen LogP contribution in [0.5, 0.6) is 0 Å². The SMILES string of the molecule is COC([O])=C(C)CC1COCCN1. The minimum atomic E-state index is -0.229. The van der Waals surface area contributed by atoms with Gasteiger partial charge in [-0.1, -0.05) is 0 Å². The Hall–Kier alpha value is -0.740. The molecule has 0 bridgehead atoms. The first kappa shape index (κ1) is 10.3. The monoisotopic (exact) mass is 186 g/mol. The first-order valence-electron chi connectivity index (χ1n) is 4.46. The maximum absolute atomic E-state index is 11.1. The Bertz CT molecular complexity index is 185. The fraction of sp³-hybridized carbons (Fsp3) is 0.778. The fourth-order valence-corrected chi connectivity index (χ4v) is 1.38. The molecule has 4 nitrogen and oxygen atoms in total. The molecule has 1 saturated heterocycles. The molecule has 1 aliphatic rings. The number of nitrogens with one attached hydrogen (secondary N) is 1. The quantitative estimate of drug-likeness (QED) is 0.659. The molecule has 1 heterocycles. The van der Waals surface area contributed by atoms with Crippen LogP contribution in [0.1, 0.15) is 13.3 Å².